The van der Waals surface area contributed by atoms with Gasteiger partial charge in [0.1, 0.15) is 10.8 Å². The van der Waals surface area contributed by atoms with Crippen LogP contribution in [0.1, 0.15) is 20.7 Å². The third kappa shape index (κ3) is 3.38. The van der Waals surface area contributed by atoms with Crippen molar-refractivity contribution in [2.45, 2.75) is 5.03 Å². The second-order valence-corrected chi connectivity index (χ2v) is 5.88. The number of rotatable bonds is 5. The van der Waals surface area contributed by atoms with Gasteiger partial charge in [0.25, 0.3) is 5.91 Å². The Kier molecular flexibility index (Phi) is 4.48. The molecule has 0 bridgehead atoms. The molecular weight excluding hydrogens is 332 g/mol. The van der Waals surface area contributed by atoms with Crippen LogP contribution in [0, 0.1) is 0 Å². The number of nitrogens with one attached hydrogen (secondary N) is 1. The van der Waals surface area contributed by atoms with E-state index in [4.69, 9.17) is 9.84 Å². The van der Waals surface area contributed by atoms with Gasteiger partial charge in [0.2, 0.25) is 0 Å². The Balaban J connectivity index is 1.73. The molecule has 0 saturated heterocycles. The van der Waals surface area contributed by atoms with Crippen LogP contribution in [0.15, 0.2) is 41.6 Å². The van der Waals surface area contributed by atoms with E-state index in [2.05, 4.69) is 10.3 Å². The Bertz CT molecular complexity index is 837. The summed E-state index contributed by atoms with van der Waals surface area (Å²) in [6.45, 7) is -0.0478. The standard InChI is InChI=1S/C16H12N2O5S/c19-12(8-24-15-10(16(21)22)2-1-5-17-15)9-3-4-13-11(6-9)18-14(20)7-23-13/h1-6H,7-8H2,(H,18,20)(H,21,22). The minimum atomic E-state index is -1.09. The summed E-state index contributed by atoms with van der Waals surface area (Å²) in [5, 5.41) is 12.0. The highest BCUT2D eigenvalue weighted by Crippen LogP contribution is 2.29. The summed E-state index contributed by atoms with van der Waals surface area (Å²) in [7, 11) is 0. The summed E-state index contributed by atoms with van der Waals surface area (Å²) in [5.41, 5.74) is 0.910. The normalized spacial score (nSPS) is 12.8. The van der Waals surface area contributed by atoms with E-state index in [1.54, 1.807) is 18.2 Å². The summed E-state index contributed by atoms with van der Waals surface area (Å²) in [6.07, 6.45) is 1.48. The minimum Gasteiger partial charge on any atom is -0.482 e. The molecule has 1 amide bonds. The molecule has 0 atom stereocenters. The van der Waals surface area contributed by atoms with Gasteiger partial charge in [-0.2, -0.15) is 0 Å². The van der Waals surface area contributed by atoms with Crippen LogP contribution in [0.4, 0.5) is 5.69 Å². The Morgan fingerprint density at radius 1 is 1.33 bits per heavy atom. The van der Waals surface area contributed by atoms with Gasteiger partial charge < -0.3 is 15.2 Å². The first-order valence-electron chi connectivity index (χ1n) is 6.95. The molecule has 0 aliphatic carbocycles. The number of anilines is 1. The van der Waals surface area contributed by atoms with E-state index < -0.39 is 5.97 Å². The molecule has 1 aliphatic heterocycles. The van der Waals surface area contributed by atoms with Crippen molar-refractivity contribution in [2.75, 3.05) is 17.7 Å². The number of carbonyl (C=O) groups is 3. The number of benzene rings is 1. The van der Waals surface area contributed by atoms with Gasteiger partial charge in [-0.25, -0.2) is 9.78 Å². The molecule has 24 heavy (non-hydrogen) atoms. The highest BCUT2D eigenvalue weighted by molar-refractivity contribution is 8.00. The molecule has 0 unspecified atom stereocenters. The number of aromatic carboxylic acids is 1. The molecule has 3 rings (SSSR count). The zero-order valence-corrected chi connectivity index (χ0v) is 13.1. The highest BCUT2D eigenvalue weighted by atomic mass is 32.2. The zero-order chi connectivity index (χ0) is 17.1. The zero-order valence-electron chi connectivity index (χ0n) is 12.3. The SMILES string of the molecule is O=C1COc2ccc(C(=O)CSc3ncccc3C(=O)O)cc2N1. The number of pyridine rings is 1. The molecule has 7 nitrogen and oxygen atoms in total. The summed E-state index contributed by atoms with van der Waals surface area (Å²) < 4.78 is 5.24. The van der Waals surface area contributed by atoms with Crippen LogP contribution in [-0.2, 0) is 4.79 Å². The summed E-state index contributed by atoms with van der Waals surface area (Å²) in [5.74, 6) is -1.03. The first kappa shape index (κ1) is 16.0. The lowest BCUT2D eigenvalue weighted by Gasteiger charge is -2.18. The number of hydrogen-bond acceptors (Lipinski definition) is 6. The van der Waals surface area contributed by atoms with Crippen molar-refractivity contribution in [1.82, 2.24) is 4.98 Å². The first-order valence-corrected chi connectivity index (χ1v) is 7.94. The lowest BCUT2D eigenvalue weighted by atomic mass is 10.1. The van der Waals surface area contributed by atoms with Crippen LogP contribution in [-0.4, -0.2) is 40.1 Å². The van der Waals surface area contributed by atoms with Crippen molar-refractivity contribution in [3.05, 3.63) is 47.7 Å². The molecule has 2 N–H and O–H groups in total. The third-order valence-corrected chi connectivity index (χ3v) is 4.28. The predicted octanol–water partition coefficient (Wildman–Crippen LogP) is 2.09. The van der Waals surface area contributed by atoms with Crippen molar-refractivity contribution in [2.24, 2.45) is 0 Å². The number of aromatic nitrogens is 1. The fraction of sp³-hybridized carbons (Fsp3) is 0.125. The lowest BCUT2D eigenvalue weighted by molar-refractivity contribution is -0.118. The van der Waals surface area contributed by atoms with Gasteiger partial charge in [-0.15, -0.1) is 0 Å². The second-order valence-electron chi connectivity index (χ2n) is 4.92. The van der Waals surface area contributed by atoms with Crippen molar-refractivity contribution in [3.8, 4) is 5.75 Å². The molecule has 1 aromatic carbocycles. The fourth-order valence-electron chi connectivity index (χ4n) is 2.14. The average Bonchev–Trinajstić information content (AvgIpc) is 2.59. The van der Waals surface area contributed by atoms with Crippen LogP contribution >= 0.6 is 11.8 Å². The summed E-state index contributed by atoms with van der Waals surface area (Å²) in [6, 6.07) is 7.74. The van der Waals surface area contributed by atoms with E-state index in [0.717, 1.165) is 11.8 Å². The van der Waals surface area contributed by atoms with Gasteiger partial charge in [-0.3, -0.25) is 9.59 Å². The van der Waals surface area contributed by atoms with E-state index in [0.29, 0.717) is 17.0 Å². The van der Waals surface area contributed by atoms with Gasteiger partial charge in [0.15, 0.2) is 12.4 Å². The average molecular weight is 344 g/mol. The molecule has 122 valence electrons. The van der Waals surface area contributed by atoms with Crippen molar-refractivity contribution in [3.63, 3.8) is 0 Å². The molecule has 0 fully saturated rings. The number of thioether (sulfide) groups is 1. The highest BCUT2D eigenvalue weighted by Gasteiger charge is 2.19. The number of ether oxygens (including phenoxy) is 1. The molecule has 0 spiro atoms. The van der Waals surface area contributed by atoms with Crippen LogP contribution in [0.3, 0.4) is 0 Å². The quantitative estimate of drug-likeness (QED) is 0.632. The Hall–Kier alpha value is -2.87. The van der Waals surface area contributed by atoms with Gasteiger partial charge in [0, 0.05) is 11.8 Å². The maximum atomic E-state index is 12.3. The maximum absolute atomic E-state index is 12.3. The number of carboxylic acid groups (broad SMARTS) is 1. The van der Waals surface area contributed by atoms with Gasteiger partial charge >= 0.3 is 5.97 Å². The van der Waals surface area contributed by atoms with Gasteiger partial charge in [-0.1, -0.05) is 11.8 Å². The molecule has 0 saturated carbocycles. The van der Waals surface area contributed by atoms with Crippen molar-refractivity contribution >= 4 is 35.1 Å². The van der Waals surface area contributed by atoms with Crippen LogP contribution in [0.5, 0.6) is 5.75 Å². The molecule has 2 heterocycles. The predicted molar refractivity (Wildman–Crippen MR) is 86.8 cm³/mol. The van der Waals surface area contributed by atoms with Crippen LogP contribution in [0.25, 0.3) is 0 Å². The number of carboxylic acids is 1. The summed E-state index contributed by atoms with van der Waals surface area (Å²) in [4.78, 5) is 38.8. The van der Waals surface area contributed by atoms with E-state index in [9.17, 15) is 14.4 Å². The molecule has 1 aliphatic rings. The van der Waals surface area contributed by atoms with Crippen LogP contribution < -0.4 is 10.1 Å². The molecule has 1 aromatic heterocycles. The minimum absolute atomic E-state index is 0.0326. The second kappa shape index (κ2) is 6.71. The van der Waals surface area contributed by atoms with E-state index >= 15 is 0 Å². The molecule has 8 heteroatoms. The van der Waals surface area contributed by atoms with E-state index in [1.165, 1.54) is 18.3 Å². The Labute approximate surface area is 141 Å². The number of hydrogen-bond donors (Lipinski definition) is 2. The van der Waals surface area contributed by atoms with E-state index in [-0.39, 0.29) is 34.6 Å². The number of fused-ring (bicyclic) bond motifs is 1. The van der Waals surface area contributed by atoms with Crippen molar-refractivity contribution < 1.29 is 24.2 Å². The molecular formula is C16H12N2O5S. The number of ketones is 1. The molecule has 0 radical (unpaired) electrons. The number of amides is 1. The molecule has 2 aromatic rings. The topological polar surface area (TPSA) is 106 Å². The largest absolute Gasteiger partial charge is 0.482 e. The summed E-state index contributed by atoms with van der Waals surface area (Å²) >= 11 is 1.06. The van der Waals surface area contributed by atoms with Gasteiger partial charge in [-0.05, 0) is 30.3 Å². The Morgan fingerprint density at radius 3 is 2.96 bits per heavy atom. The van der Waals surface area contributed by atoms with Gasteiger partial charge in [0.05, 0.1) is 17.0 Å². The first-order chi connectivity index (χ1) is 11.5. The van der Waals surface area contributed by atoms with Crippen LogP contribution in [0.2, 0.25) is 0 Å². The Morgan fingerprint density at radius 2 is 2.17 bits per heavy atom. The smallest absolute Gasteiger partial charge is 0.338 e. The fourth-order valence-corrected chi connectivity index (χ4v) is 3.02. The van der Waals surface area contributed by atoms with Crippen molar-refractivity contribution in [1.29, 1.82) is 0 Å². The lowest BCUT2D eigenvalue weighted by Crippen LogP contribution is -2.25. The maximum Gasteiger partial charge on any atom is 0.338 e. The third-order valence-electron chi connectivity index (χ3n) is 3.28. The number of nitrogens with zero attached hydrogens (tertiary/aromatic N) is 1. The number of carbonyl (C=O) groups excluding carboxylic acids is 2. The number of Topliss-reactive ketones (excluding diaryl/α,β-unsaturated/α-hetero) is 1. The monoisotopic (exact) mass is 344 g/mol. The van der Waals surface area contributed by atoms with E-state index in [1.807, 2.05) is 0 Å².